The summed E-state index contributed by atoms with van der Waals surface area (Å²) in [4.78, 5) is 0. The number of nitrogens with two attached hydrogens (primary N) is 1. The molecule has 0 spiro atoms. The fraction of sp³-hybridized carbons (Fsp3) is 0.250. The Balaban J connectivity index is 2.22. The number of rotatable bonds is 3. The van der Waals surface area contributed by atoms with E-state index in [4.69, 9.17) is 17.3 Å². The van der Waals surface area contributed by atoms with Crippen LogP contribution >= 0.6 is 34.2 Å². The minimum absolute atomic E-state index is 0.0206. The second-order valence-electron chi connectivity index (χ2n) is 4.90. The highest BCUT2D eigenvalue weighted by Crippen LogP contribution is 2.25. The van der Waals surface area contributed by atoms with E-state index >= 15 is 0 Å². The van der Waals surface area contributed by atoms with E-state index in [2.05, 4.69) is 54.6 Å². The van der Waals surface area contributed by atoms with E-state index < -0.39 is 0 Å². The van der Waals surface area contributed by atoms with Crippen LogP contribution in [0.5, 0.6) is 0 Å². The van der Waals surface area contributed by atoms with Crippen molar-refractivity contribution in [2.75, 3.05) is 0 Å². The molecule has 3 heteroatoms. The van der Waals surface area contributed by atoms with Crippen LogP contribution < -0.4 is 5.73 Å². The van der Waals surface area contributed by atoms with Crippen LogP contribution in [0.25, 0.3) is 0 Å². The highest BCUT2D eigenvalue weighted by Gasteiger charge is 2.11. The quantitative estimate of drug-likeness (QED) is 0.754. The van der Waals surface area contributed by atoms with Crippen LogP contribution in [0.4, 0.5) is 0 Å². The monoisotopic (exact) mass is 385 g/mol. The molecule has 0 saturated heterocycles. The van der Waals surface area contributed by atoms with E-state index in [-0.39, 0.29) is 6.04 Å². The molecule has 2 rings (SSSR count). The van der Waals surface area contributed by atoms with Gasteiger partial charge in [-0.1, -0.05) is 29.8 Å². The highest BCUT2D eigenvalue weighted by atomic mass is 127. The zero-order chi connectivity index (χ0) is 14.0. The first-order chi connectivity index (χ1) is 8.97. The molecule has 0 fully saturated rings. The van der Waals surface area contributed by atoms with E-state index in [1.54, 1.807) is 0 Å². The van der Waals surface area contributed by atoms with Crippen LogP contribution in [-0.4, -0.2) is 0 Å². The molecular formula is C16H17ClIN. The van der Waals surface area contributed by atoms with E-state index in [0.29, 0.717) is 0 Å². The van der Waals surface area contributed by atoms with Crippen LogP contribution in [-0.2, 0) is 6.42 Å². The van der Waals surface area contributed by atoms with E-state index in [9.17, 15) is 0 Å². The van der Waals surface area contributed by atoms with Gasteiger partial charge in [0.2, 0.25) is 0 Å². The molecule has 0 heterocycles. The SMILES string of the molecule is Cc1ccc(CC(N)c2cc(Cl)ccc2I)cc1C. The Labute approximate surface area is 133 Å². The van der Waals surface area contributed by atoms with Gasteiger partial charge in [0.05, 0.1) is 0 Å². The summed E-state index contributed by atoms with van der Waals surface area (Å²) in [5.41, 5.74) is 11.3. The lowest BCUT2D eigenvalue weighted by atomic mass is 9.97. The van der Waals surface area contributed by atoms with Crippen LogP contribution in [0.2, 0.25) is 5.02 Å². The third kappa shape index (κ3) is 3.71. The average molecular weight is 386 g/mol. The third-order valence-corrected chi connectivity index (χ3v) is 4.60. The van der Waals surface area contributed by atoms with Gasteiger partial charge >= 0.3 is 0 Å². The smallest absolute Gasteiger partial charge is 0.0410 e. The number of halogens is 2. The largest absolute Gasteiger partial charge is 0.324 e. The van der Waals surface area contributed by atoms with Crippen molar-refractivity contribution in [3.63, 3.8) is 0 Å². The van der Waals surface area contributed by atoms with Gasteiger partial charge in [-0.2, -0.15) is 0 Å². The third-order valence-electron chi connectivity index (χ3n) is 3.38. The Bertz CT molecular complexity index is 595. The predicted octanol–water partition coefficient (Wildman–Crippen LogP) is 4.80. The van der Waals surface area contributed by atoms with Gasteiger partial charge in [0, 0.05) is 14.6 Å². The predicted molar refractivity (Wildman–Crippen MR) is 90.7 cm³/mol. The summed E-state index contributed by atoms with van der Waals surface area (Å²) in [6.45, 7) is 4.26. The maximum Gasteiger partial charge on any atom is 0.0410 e. The van der Waals surface area contributed by atoms with Gasteiger partial charge in [0.25, 0.3) is 0 Å². The van der Waals surface area contributed by atoms with Crippen molar-refractivity contribution in [2.45, 2.75) is 26.3 Å². The maximum absolute atomic E-state index is 6.32. The normalized spacial score (nSPS) is 12.5. The Kier molecular flexibility index (Phi) is 4.87. The van der Waals surface area contributed by atoms with Gasteiger partial charge in [0.15, 0.2) is 0 Å². The summed E-state index contributed by atoms with van der Waals surface area (Å²) in [5, 5.41) is 0.742. The molecular weight excluding hydrogens is 369 g/mol. The molecule has 0 aliphatic rings. The van der Waals surface area contributed by atoms with Gasteiger partial charge < -0.3 is 5.73 Å². The summed E-state index contributed by atoms with van der Waals surface area (Å²) in [6.07, 6.45) is 0.831. The van der Waals surface area contributed by atoms with Crippen molar-refractivity contribution < 1.29 is 0 Å². The van der Waals surface area contributed by atoms with Crippen LogP contribution in [0.3, 0.4) is 0 Å². The summed E-state index contributed by atoms with van der Waals surface area (Å²) in [7, 11) is 0. The first-order valence-corrected chi connectivity index (χ1v) is 7.69. The lowest BCUT2D eigenvalue weighted by Crippen LogP contribution is -2.15. The Morgan fingerprint density at radius 1 is 1.11 bits per heavy atom. The average Bonchev–Trinajstić information content (AvgIpc) is 2.36. The molecule has 19 heavy (non-hydrogen) atoms. The second kappa shape index (κ2) is 6.25. The molecule has 100 valence electrons. The second-order valence-corrected chi connectivity index (χ2v) is 6.49. The van der Waals surface area contributed by atoms with Crippen molar-refractivity contribution in [2.24, 2.45) is 5.73 Å². The van der Waals surface area contributed by atoms with Crippen molar-refractivity contribution in [1.29, 1.82) is 0 Å². The summed E-state index contributed by atoms with van der Waals surface area (Å²) < 4.78 is 1.17. The van der Waals surface area contributed by atoms with Crippen LogP contribution in [0.15, 0.2) is 36.4 Å². The Hall–Kier alpha value is -0.580. The lowest BCUT2D eigenvalue weighted by Gasteiger charge is -2.15. The lowest BCUT2D eigenvalue weighted by molar-refractivity contribution is 0.717. The number of hydrogen-bond acceptors (Lipinski definition) is 1. The molecule has 0 saturated carbocycles. The van der Waals surface area contributed by atoms with Crippen LogP contribution in [0.1, 0.15) is 28.3 Å². The molecule has 0 aromatic heterocycles. The van der Waals surface area contributed by atoms with E-state index in [1.807, 2.05) is 18.2 Å². The summed E-state index contributed by atoms with van der Waals surface area (Å²) >= 11 is 8.36. The van der Waals surface area contributed by atoms with E-state index in [0.717, 1.165) is 17.0 Å². The Morgan fingerprint density at radius 3 is 2.53 bits per heavy atom. The van der Waals surface area contributed by atoms with Crippen molar-refractivity contribution in [3.8, 4) is 0 Å². The first-order valence-electron chi connectivity index (χ1n) is 6.24. The summed E-state index contributed by atoms with van der Waals surface area (Å²) in [5.74, 6) is 0. The minimum Gasteiger partial charge on any atom is -0.324 e. The molecule has 0 aliphatic carbocycles. The number of benzene rings is 2. The standard InChI is InChI=1S/C16H17ClIN/c1-10-3-4-12(7-11(10)2)8-16(19)14-9-13(17)5-6-15(14)18/h3-7,9,16H,8,19H2,1-2H3. The van der Waals surface area contributed by atoms with Gasteiger partial charge in [-0.05, 0) is 83.3 Å². The van der Waals surface area contributed by atoms with Gasteiger partial charge in [-0.25, -0.2) is 0 Å². The maximum atomic E-state index is 6.32. The molecule has 0 aliphatic heterocycles. The van der Waals surface area contributed by atoms with Gasteiger partial charge in [-0.15, -0.1) is 0 Å². The first kappa shape index (κ1) is 14.8. The molecule has 1 nitrogen and oxygen atoms in total. The number of hydrogen-bond donors (Lipinski definition) is 1. The Morgan fingerprint density at radius 2 is 1.84 bits per heavy atom. The molecule has 2 aromatic carbocycles. The van der Waals surface area contributed by atoms with Crippen LogP contribution in [0, 0.1) is 17.4 Å². The molecule has 1 unspecified atom stereocenters. The van der Waals surface area contributed by atoms with Crippen molar-refractivity contribution in [3.05, 3.63) is 67.2 Å². The molecule has 0 amide bonds. The fourth-order valence-electron chi connectivity index (χ4n) is 2.09. The molecule has 2 aromatic rings. The van der Waals surface area contributed by atoms with Crippen molar-refractivity contribution in [1.82, 2.24) is 0 Å². The molecule has 0 radical (unpaired) electrons. The molecule has 1 atom stereocenters. The molecule has 2 N–H and O–H groups in total. The topological polar surface area (TPSA) is 26.0 Å². The van der Waals surface area contributed by atoms with Gasteiger partial charge in [0.1, 0.15) is 0 Å². The summed E-state index contributed by atoms with van der Waals surface area (Å²) in [6, 6.07) is 12.4. The van der Waals surface area contributed by atoms with Gasteiger partial charge in [-0.3, -0.25) is 0 Å². The zero-order valence-corrected chi connectivity index (χ0v) is 14.0. The van der Waals surface area contributed by atoms with E-state index in [1.165, 1.54) is 20.3 Å². The van der Waals surface area contributed by atoms with Crippen molar-refractivity contribution >= 4 is 34.2 Å². The highest BCUT2D eigenvalue weighted by molar-refractivity contribution is 14.1. The minimum atomic E-state index is -0.0206. The number of aryl methyl sites for hydroxylation is 2. The zero-order valence-electron chi connectivity index (χ0n) is 11.1. The fourth-order valence-corrected chi connectivity index (χ4v) is 3.01. The molecule has 0 bridgehead atoms.